The van der Waals surface area contributed by atoms with Gasteiger partial charge in [0.25, 0.3) is 0 Å². The van der Waals surface area contributed by atoms with Crippen LogP contribution in [0.2, 0.25) is 0 Å². The van der Waals surface area contributed by atoms with Crippen molar-refractivity contribution >= 4 is 0 Å². The van der Waals surface area contributed by atoms with E-state index in [-0.39, 0.29) is 12.0 Å². The average molecular weight is 286 g/mol. The number of nitrogens with zero attached hydrogens (tertiary/aromatic N) is 1. The number of hydrogen-bond donors (Lipinski definition) is 1. The summed E-state index contributed by atoms with van der Waals surface area (Å²) < 4.78 is 42.9. The largest absolute Gasteiger partial charge is 0.474 e. The van der Waals surface area contributed by atoms with Crippen LogP contribution in [0.4, 0.5) is 13.2 Å². The Balaban J connectivity index is 1.55. The minimum Gasteiger partial charge on any atom is -0.474 e. The molecule has 1 aromatic heterocycles. The SMILES string of the molecule is FC(F)(F)c1ccc(OC2CC3(CCNCC3)C2)nc1. The standard InChI is InChI=1S/C14H17F3N2O/c15-14(16,17)10-1-2-12(19-9-10)20-11-7-13(8-11)3-5-18-6-4-13/h1-2,9,11,18H,3-8H2. The number of rotatable bonds is 2. The van der Waals surface area contributed by atoms with Gasteiger partial charge < -0.3 is 10.1 Å². The molecule has 1 saturated heterocycles. The number of ether oxygens (including phenoxy) is 1. The highest BCUT2D eigenvalue weighted by Crippen LogP contribution is 2.49. The third kappa shape index (κ3) is 2.75. The van der Waals surface area contributed by atoms with Gasteiger partial charge in [0.15, 0.2) is 0 Å². The van der Waals surface area contributed by atoms with Crippen LogP contribution in [0.1, 0.15) is 31.2 Å². The summed E-state index contributed by atoms with van der Waals surface area (Å²) in [6, 6.07) is 2.32. The molecule has 0 atom stereocenters. The van der Waals surface area contributed by atoms with Crippen molar-refractivity contribution in [3.63, 3.8) is 0 Å². The third-order valence-electron chi connectivity index (χ3n) is 4.34. The number of piperidine rings is 1. The van der Waals surface area contributed by atoms with E-state index in [0.29, 0.717) is 5.41 Å². The molecule has 2 heterocycles. The number of halogens is 3. The average Bonchev–Trinajstić information content (AvgIpc) is 2.38. The number of alkyl halides is 3. The van der Waals surface area contributed by atoms with E-state index in [4.69, 9.17) is 4.74 Å². The van der Waals surface area contributed by atoms with Crippen molar-refractivity contribution in [3.8, 4) is 5.88 Å². The molecule has 2 fully saturated rings. The summed E-state index contributed by atoms with van der Waals surface area (Å²) in [5, 5.41) is 3.33. The molecule has 0 unspecified atom stereocenters. The molecular weight excluding hydrogens is 269 g/mol. The fraction of sp³-hybridized carbons (Fsp3) is 0.643. The lowest BCUT2D eigenvalue weighted by atomic mass is 9.62. The highest BCUT2D eigenvalue weighted by atomic mass is 19.4. The molecule has 1 saturated carbocycles. The summed E-state index contributed by atoms with van der Waals surface area (Å²) >= 11 is 0. The van der Waals surface area contributed by atoms with Crippen LogP contribution in [0, 0.1) is 5.41 Å². The summed E-state index contributed by atoms with van der Waals surface area (Å²) in [5.74, 6) is 0.284. The smallest absolute Gasteiger partial charge is 0.417 e. The molecular formula is C14H17F3N2O. The quantitative estimate of drug-likeness (QED) is 0.907. The predicted molar refractivity (Wildman–Crippen MR) is 67.4 cm³/mol. The van der Waals surface area contributed by atoms with Crippen molar-refractivity contribution in [2.75, 3.05) is 13.1 Å². The first-order chi connectivity index (χ1) is 9.47. The van der Waals surface area contributed by atoms with Gasteiger partial charge in [-0.2, -0.15) is 13.2 Å². The predicted octanol–water partition coefficient (Wildman–Crippen LogP) is 3.01. The number of pyridine rings is 1. The molecule has 0 aromatic carbocycles. The highest BCUT2D eigenvalue weighted by molar-refractivity contribution is 5.20. The monoisotopic (exact) mass is 286 g/mol. The molecule has 6 heteroatoms. The summed E-state index contributed by atoms with van der Waals surface area (Å²) in [7, 11) is 0. The van der Waals surface area contributed by atoms with Crippen LogP contribution in [0.3, 0.4) is 0 Å². The maximum absolute atomic E-state index is 12.4. The lowest BCUT2D eigenvalue weighted by molar-refractivity contribution is -0.137. The van der Waals surface area contributed by atoms with Crippen molar-refractivity contribution in [1.82, 2.24) is 10.3 Å². The second kappa shape index (κ2) is 4.91. The van der Waals surface area contributed by atoms with Gasteiger partial charge >= 0.3 is 6.18 Å². The Morgan fingerprint density at radius 1 is 1.20 bits per heavy atom. The normalized spacial score (nSPS) is 22.6. The van der Waals surface area contributed by atoms with E-state index >= 15 is 0 Å². The summed E-state index contributed by atoms with van der Waals surface area (Å²) in [4.78, 5) is 3.75. The maximum Gasteiger partial charge on any atom is 0.417 e. The van der Waals surface area contributed by atoms with E-state index < -0.39 is 11.7 Å². The first-order valence-corrected chi connectivity index (χ1v) is 6.88. The molecule has 110 valence electrons. The first-order valence-electron chi connectivity index (χ1n) is 6.88. The molecule has 1 aromatic rings. The molecule has 20 heavy (non-hydrogen) atoms. The number of hydrogen-bond acceptors (Lipinski definition) is 3. The topological polar surface area (TPSA) is 34.1 Å². The summed E-state index contributed by atoms with van der Waals surface area (Å²) in [5.41, 5.74) is -0.352. The van der Waals surface area contributed by atoms with Crippen molar-refractivity contribution in [2.24, 2.45) is 5.41 Å². The van der Waals surface area contributed by atoms with Crippen LogP contribution in [-0.4, -0.2) is 24.2 Å². The molecule has 3 nitrogen and oxygen atoms in total. The molecule has 0 bridgehead atoms. The van der Waals surface area contributed by atoms with Gasteiger partial charge in [0.1, 0.15) is 6.10 Å². The minimum atomic E-state index is -4.35. The van der Waals surface area contributed by atoms with Gasteiger partial charge in [-0.3, -0.25) is 0 Å². The Kier molecular flexibility index (Phi) is 3.36. The van der Waals surface area contributed by atoms with Crippen LogP contribution < -0.4 is 10.1 Å². The van der Waals surface area contributed by atoms with Gasteiger partial charge in [-0.15, -0.1) is 0 Å². The van der Waals surface area contributed by atoms with Gasteiger partial charge in [-0.05, 0) is 50.3 Å². The van der Waals surface area contributed by atoms with Gasteiger partial charge in [0.05, 0.1) is 5.56 Å². The lowest BCUT2D eigenvalue weighted by Gasteiger charge is -2.49. The Morgan fingerprint density at radius 3 is 2.45 bits per heavy atom. The van der Waals surface area contributed by atoms with E-state index in [2.05, 4.69) is 10.3 Å². The van der Waals surface area contributed by atoms with Crippen LogP contribution >= 0.6 is 0 Å². The zero-order valence-electron chi connectivity index (χ0n) is 11.0. The molecule has 1 aliphatic carbocycles. The molecule has 2 aliphatic rings. The van der Waals surface area contributed by atoms with Gasteiger partial charge in [-0.1, -0.05) is 0 Å². The maximum atomic E-state index is 12.4. The zero-order chi connectivity index (χ0) is 14.2. The van der Waals surface area contributed by atoms with E-state index in [0.717, 1.165) is 51.0 Å². The number of aromatic nitrogens is 1. The van der Waals surface area contributed by atoms with Gasteiger partial charge in [0, 0.05) is 12.3 Å². The van der Waals surface area contributed by atoms with Gasteiger partial charge in [-0.25, -0.2) is 4.98 Å². The van der Waals surface area contributed by atoms with E-state index in [1.807, 2.05) is 0 Å². The van der Waals surface area contributed by atoms with Crippen LogP contribution in [-0.2, 0) is 6.18 Å². The molecule has 1 aliphatic heterocycles. The van der Waals surface area contributed by atoms with E-state index in [1.165, 1.54) is 6.07 Å². The van der Waals surface area contributed by atoms with Gasteiger partial charge in [0.2, 0.25) is 5.88 Å². The van der Waals surface area contributed by atoms with Crippen molar-refractivity contribution in [1.29, 1.82) is 0 Å². The Hall–Kier alpha value is -1.30. The van der Waals surface area contributed by atoms with Crippen LogP contribution in [0.5, 0.6) is 5.88 Å². The van der Waals surface area contributed by atoms with Crippen LogP contribution in [0.15, 0.2) is 18.3 Å². The number of nitrogens with one attached hydrogen (secondary N) is 1. The minimum absolute atomic E-state index is 0.0948. The lowest BCUT2D eigenvalue weighted by Crippen LogP contribution is -2.49. The third-order valence-corrected chi connectivity index (χ3v) is 4.34. The van der Waals surface area contributed by atoms with E-state index in [9.17, 15) is 13.2 Å². The molecule has 1 spiro atoms. The Bertz CT molecular complexity index is 458. The second-order valence-corrected chi connectivity index (χ2v) is 5.78. The molecule has 0 radical (unpaired) electrons. The fourth-order valence-corrected chi connectivity index (χ4v) is 3.14. The summed E-state index contributed by atoms with van der Waals surface area (Å²) in [6.07, 6.45) is 0.863. The van der Waals surface area contributed by atoms with Crippen molar-refractivity contribution in [3.05, 3.63) is 23.9 Å². The van der Waals surface area contributed by atoms with Crippen molar-refractivity contribution < 1.29 is 17.9 Å². The molecule has 0 amide bonds. The molecule has 1 N–H and O–H groups in total. The first kappa shape index (κ1) is 13.7. The Labute approximate surface area is 115 Å². The van der Waals surface area contributed by atoms with Crippen LogP contribution in [0.25, 0.3) is 0 Å². The Morgan fingerprint density at radius 2 is 1.90 bits per heavy atom. The second-order valence-electron chi connectivity index (χ2n) is 5.78. The molecule has 3 rings (SSSR count). The highest BCUT2D eigenvalue weighted by Gasteiger charge is 2.46. The van der Waals surface area contributed by atoms with Crippen molar-refractivity contribution in [2.45, 2.75) is 38.0 Å². The summed E-state index contributed by atoms with van der Waals surface area (Å²) in [6.45, 7) is 2.09. The zero-order valence-corrected chi connectivity index (χ0v) is 11.0. The fourth-order valence-electron chi connectivity index (χ4n) is 3.14. The van der Waals surface area contributed by atoms with E-state index in [1.54, 1.807) is 0 Å².